The lowest BCUT2D eigenvalue weighted by molar-refractivity contribution is 0.175. The molecule has 0 aliphatic carbocycles. The van der Waals surface area contributed by atoms with Crippen LogP contribution in [0.4, 0.5) is 9.80 Å². The largest absolute Gasteiger partial charge is 0.387 e. The Balaban J connectivity index is 1.60. The van der Waals surface area contributed by atoms with Crippen LogP contribution in [0.2, 0.25) is 0 Å². The second-order valence-electron chi connectivity index (χ2n) is 5.07. The molecular weight excluding hydrogens is 298 g/mol. The highest BCUT2D eigenvalue weighted by Crippen LogP contribution is 2.21. The summed E-state index contributed by atoms with van der Waals surface area (Å²) >= 11 is 1.45. The first-order valence-electron chi connectivity index (χ1n) is 6.95. The van der Waals surface area contributed by atoms with Crippen molar-refractivity contribution in [3.05, 3.63) is 53.5 Å². The van der Waals surface area contributed by atoms with E-state index in [1.54, 1.807) is 0 Å². The lowest BCUT2D eigenvalue weighted by Gasteiger charge is -2.13. The molecule has 0 spiro atoms. The molecule has 1 aromatic carbocycles. The highest BCUT2D eigenvalue weighted by molar-refractivity contribution is 7.14. The van der Waals surface area contributed by atoms with Crippen LogP contribution in [0.25, 0.3) is 10.9 Å². The number of thiophene rings is 1. The summed E-state index contributed by atoms with van der Waals surface area (Å²) in [5, 5.41) is 19.3. The normalized spacial score (nSPS) is 12.3. The van der Waals surface area contributed by atoms with Crippen LogP contribution in [0.15, 0.2) is 48.0 Å². The minimum atomic E-state index is -0.737. The zero-order valence-corrected chi connectivity index (χ0v) is 12.9. The molecule has 114 valence electrons. The molecule has 0 fully saturated rings. The fraction of sp³-hybridized carbons (Fsp3) is 0.188. The van der Waals surface area contributed by atoms with Gasteiger partial charge in [-0.15, -0.1) is 11.3 Å². The second-order valence-corrected chi connectivity index (χ2v) is 6.02. The van der Waals surface area contributed by atoms with Crippen molar-refractivity contribution in [2.24, 2.45) is 7.05 Å². The predicted molar refractivity (Wildman–Crippen MR) is 89.2 cm³/mol. The first kappa shape index (κ1) is 14.6. The maximum Gasteiger partial charge on any atom is 0.319 e. The molecule has 3 rings (SSSR count). The molecule has 0 saturated heterocycles. The fourth-order valence-corrected chi connectivity index (χ4v) is 2.93. The van der Waals surface area contributed by atoms with Gasteiger partial charge in [-0.05, 0) is 46.7 Å². The molecule has 3 N–H and O–H groups in total. The molecule has 0 saturated carbocycles. The molecular formula is C16H17N3O2S. The second kappa shape index (κ2) is 6.21. The number of aliphatic hydroxyl groups excluding tert-OH is 1. The van der Waals surface area contributed by atoms with Crippen molar-refractivity contribution in [2.75, 3.05) is 11.9 Å². The summed E-state index contributed by atoms with van der Waals surface area (Å²) in [6.07, 6.45) is 1.24. The number of benzene rings is 1. The average molecular weight is 315 g/mol. The Hall–Kier alpha value is -2.31. The van der Waals surface area contributed by atoms with Gasteiger partial charge in [-0.1, -0.05) is 6.07 Å². The van der Waals surface area contributed by atoms with Gasteiger partial charge in [-0.2, -0.15) is 0 Å². The van der Waals surface area contributed by atoms with Crippen LogP contribution < -0.4 is 10.6 Å². The number of hydrogen-bond acceptors (Lipinski definition) is 3. The molecule has 5 nitrogen and oxygen atoms in total. The van der Waals surface area contributed by atoms with Crippen LogP contribution in [-0.4, -0.2) is 22.2 Å². The minimum Gasteiger partial charge on any atom is -0.387 e. The van der Waals surface area contributed by atoms with Gasteiger partial charge in [0.1, 0.15) is 0 Å². The van der Waals surface area contributed by atoms with Crippen molar-refractivity contribution >= 4 is 33.3 Å². The van der Waals surface area contributed by atoms with E-state index in [9.17, 15) is 9.90 Å². The lowest BCUT2D eigenvalue weighted by atomic mass is 10.1. The molecule has 0 bridgehead atoms. The smallest absolute Gasteiger partial charge is 0.319 e. The van der Waals surface area contributed by atoms with Gasteiger partial charge in [-0.3, -0.25) is 5.32 Å². The predicted octanol–water partition coefficient (Wildman–Crippen LogP) is 3.09. The number of carbonyl (C=O) groups excluding carboxylic acids is 1. The Bertz CT molecular complexity index is 780. The number of amides is 2. The monoisotopic (exact) mass is 315 g/mol. The summed E-state index contributed by atoms with van der Waals surface area (Å²) in [6, 6.07) is 11.2. The summed E-state index contributed by atoms with van der Waals surface area (Å²) in [5.41, 5.74) is 1.90. The van der Waals surface area contributed by atoms with E-state index in [0.29, 0.717) is 0 Å². The molecule has 1 atom stereocenters. The summed E-state index contributed by atoms with van der Waals surface area (Å²) in [4.78, 5) is 11.7. The molecule has 22 heavy (non-hydrogen) atoms. The number of rotatable bonds is 4. The van der Waals surface area contributed by atoms with Crippen LogP contribution in [0, 0.1) is 0 Å². The van der Waals surface area contributed by atoms with E-state index in [4.69, 9.17) is 0 Å². The van der Waals surface area contributed by atoms with Gasteiger partial charge in [0.25, 0.3) is 0 Å². The van der Waals surface area contributed by atoms with Crippen molar-refractivity contribution < 1.29 is 9.90 Å². The van der Waals surface area contributed by atoms with Gasteiger partial charge in [0, 0.05) is 25.3 Å². The number of fused-ring (bicyclic) bond motifs is 1. The van der Waals surface area contributed by atoms with Gasteiger partial charge < -0.3 is 15.0 Å². The first-order valence-corrected chi connectivity index (χ1v) is 7.83. The number of aryl methyl sites for hydroxylation is 1. The topological polar surface area (TPSA) is 66.3 Å². The fourth-order valence-electron chi connectivity index (χ4n) is 2.32. The third kappa shape index (κ3) is 3.13. The zero-order chi connectivity index (χ0) is 15.5. The highest BCUT2D eigenvalue weighted by Gasteiger charge is 2.11. The van der Waals surface area contributed by atoms with Crippen molar-refractivity contribution in [1.29, 1.82) is 0 Å². The Labute approximate surface area is 132 Å². The molecule has 0 aliphatic heterocycles. The summed E-state index contributed by atoms with van der Waals surface area (Å²) in [5.74, 6) is 0. The van der Waals surface area contributed by atoms with E-state index in [0.717, 1.165) is 21.5 Å². The minimum absolute atomic E-state index is 0.162. The number of hydrogen-bond donors (Lipinski definition) is 3. The number of aromatic nitrogens is 1. The van der Waals surface area contributed by atoms with Crippen LogP contribution >= 0.6 is 11.3 Å². The molecule has 2 amide bonds. The lowest BCUT2D eigenvalue weighted by Crippen LogP contribution is -2.32. The molecule has 6 heteroatoms. The quantitative estimate of drug-likeness (QED) is 0.692. The van der Waals surface area contributed by atoms with Gasteiger partial charge >= 0.3 is 6.03 Å². The van der Waals surface area contributed by atoms with Crippen LogP contribution in [0.5, 0.6) is 0 Å². The molecule has 0 aliphatic rings. The zero-order valence-electron chi connectivity index (χ0n) is 12.1. The van der Waals surface area contributed by atoms with E-state index in [2.05, 4.69) is 10.6 Å². The van der Waals surface area contributed by atoms with E-state index < -0.39 is 6.10 Å². The number of urea groups is 1. The molecule has 2 aromatic heterocycles. The van der Waals surface area contributed by atoms with Crippen LogP contribution in [0.3, 0.4) is 0 Å². The van der Waals surface area contributed by atoms with Gasteiger partial charge in [0.2, 0.25) is 0 Å². The Kier molecular flexibility index (Phi) is 4.13. The number of anilines is 1. The summed E-state index contributed by atoms with van der Waals surface area (Å²) in [6.45, 7) is 0.162. The Morgan fingerprint density at radius 1 is 1.36 bits per heavy atom. The number of carbonyl (C=O) groups is 1. The van der Waals surface area contributed by atoms with E-state index in [1.165, 1.54) is 11.3 Å². The Morgan fingerprint density at radius 3 is 3.00 bits per heavy atom. The van der Waals surface area contributed by atoms with Crippen molar-refractivity contribution in [1.82, 2.24) is 9.88 Å². The number of aliphatic hydroxyl groups is 1. The van der Waals surface area contributed by atoms with Crippen molar-refractivity contribution in [3.8, 4) is 0 Å². The van der Waals surface area contributed by atoms with E-state index >= 15 is 0 Å². The van der Waals surface area contributed by atoms with Crippen LogP contribution in [0.1, 0.15) is 11.7 Å². The highest BCUT2D eigenvalue weighted by atomic mass is 32.1. The third-order valence-corrected chi connectivity index (χ3v) is 4.29. The van der Waals surface area contributed by atoms with E-state index in [-0.39, 0.29) is 12.6 Å². The molecule has 3 aromatic rings. The first-order chi connectivity index (χ1) is 10.6. The molecule has 2 heterocycles. The molecule has 0 unspecified atom stereocenters. The standard InChI is InChI=1S/C16H17N3O2S/c1-19-7-6-11-9-12(4-5-13(11)19)14(20)10-17-16(21)18-15-3-2-8-22-15/h2-9,14,20H,10H2,1H3,(H2,17,18,21)/t14-/m1/s1. The van der Waals surface area contributed by atoms with E-state index in [1.807, 2.05) is 59.6 Å². The summed E-state index contributed by atoms with van der Waals surface area (Å²) < 4.78 is 2.03. The van der Waals surface area contributed by atoms with Crippen molar-refractivity contribution in [3.63, 3.8) is 0 Å². The summed E-state index contributed by atoms with van der Waals surface area (Å²) in [7, 11) is 1.98. The third-order valence-electron chi connectivity index (χ3n) is 3.51. The maximum atomic E-state index is 11.7. The van der Waals surface area contributed by atoms with Gasteiger partial charge in [-0.25, -0.2) is 4.79 Å². The average Bonchev–Trinajstić information content (AvgIpc) is 3.15. The van der Waals surface area contributed by atoms with Gasteiger partial charge in [0.05, 0.1) is 11.1 Å². The number of nitrogens with zero attached hydrogens (tertiary/aromatic N) is 1. The Morgan fingerprint density at radius 2 is 2.23 bits per heavy atom. The molecule has 0 radical (unpaired) electrons. The SMILES string of the molecule is Cn1ccc2cc([C@H](O)CNC(=O)Nc3cccs3)ccc21. The van der Waals surface area contributed by atoms with Crippen molar-refractivity contribution in [2.45, 2.75) is 6.10 Å². The van der Waals surface area contributed by atoms with Gasteiger partial charge in [0.15, 0.2) is 0 Å². The number of nitrogens with one attached hydrogen (secondary N) is 2. The van der Waals surface area contributed by atoms with Crippen LogP contribution in [-0.2, 0) is 7.05 Å². The maximum absolute atomic E-state index is 11.7.